The van der Waals surface area contributed by atoms with Gasteiger partial charge in [0.15, 0.2) is 5.65 Å². The van der Waals surface area contributed by atoms with Crippen molar-refractivity contribution in [3.05, 3.63) is 42.5 Å². The van der Waals surface area contributed by atoms with Gasteiger partial charge in [-0.25, -0.2) is 9.97 Å². The highest BCUT2D eigenvalue weighted by Crippen LogP contribution is 2.30. The van der Waals surface area contributed by atoms with Gasteiger partial charge in [-0.15, -0.1) is 0 Å². The average Bonchev–Trinajstić information content (AvgIpc) is 2.85. The summed E-state index contributed by atoms with van der Waals surface area (Å²) in [5.41, 5.74) is 3.53. The maximum atomic E-state index is 11.2. The normalized spacial score (nSPS) is 11.3. The number of benzene rings is 2. The highest BCUT2D eigenvalue weighted by Gasteiger charge is 2.16. The molecule has 4 aromatic rings. The van der Waals surface area contributed by atoms with Crippen molar-refractivity contribution in [2.45, 2.75) is 6.54 Å². The Labute approximate surface area is 130 Å². The van der Waals surface area contributed by atoms with Crippen molar-refractivity contribution in [1.29, 1.82) is 0 Å². The van der Waals surface area contributed by atoms with Gasteiger partial charge in [-0.2, -0.15) is 0 Å². The molecule has 2 aromatic heterocycles. The molecule has 0 amide bonds. The number of rotatable bonds is 3. The fourth-order valence-electron chi connectivity index (χ4n) is 2.84. The van der Waals surface area contributed by atoms with Crippen molar-refractivity contribution in [2.24, 2.45) is 0 Å². The summed E-state index contributed by atoms with van der Waals surface area (Å²) in [5.74, 6) is -0.226. The fraction of sp³-hybridized carbons (Fsp3) is 0.118. The number of fused-ring (bicyclic) bond motifs is 4. The van der Waals surface area contributed by atoms with Crippen molar-refractivity contribution >= 4 is 39.1 Å². The van der Waals surface area contributed by atoms with Crippen LogP contribution in [-0.2, 0) is 11.3 Å². The Hall–Kier alpha value is -3.15. The van der Waals surface area contributed by atoms with Crippen LogP contribution in [0.3, 0.4) is 0 Å². The minimum absolute atomic E-state index is 0.167. The van der Waals surface area contributed by atoms with Crippen LogP contribution in [-0.4, -0.2) is 32.7 Å². The standard InChI is InChI=1S/C17H13N3O3/c1-23-10-6-7-14-11(8-10)16-17(20(14)9-15(21)22)19-13-5-3-2-4-12(13)18-16/h2-8H,9H2,1H3,(H,21,22). The molecule has 6 heteroatoms. The Balaban J connectivity index is 2.17. The third-order valence-corrected chi connectivity index (χ3v) is 3.85. The number of hydrogen-bond donors (Lipinski definition) is 1. The molecule has 0 aliphatic heterocycles. The van der Waals surface area contributed by atoms with Gasteiger partial charge in [0.2, 0.25) is 0 Å². The second-order valence-electron chi connectivity index (χ2n) is 5.25. The van der Waals surface area contributed by atoms with E-state index in [2.05, 4.69) is 9.97 Å². The number of hydrogen-bond acceptors (Lipinski definition) is 4. The van der Waals surface area contributed by atoms with Crippen molar-refractivity contribution in [3.63, 3.8) is 0 Å². The minimum Gasteiger partial charge on any atom is -0.497 e. The van der Waals surface area contributed by atoms with Gasteiger partial charge in [0.05, 0.1) is 23.7 Å². The summed E-state index contributed by atoms with van der Waals surface area (Å²) in [6, 6.07) is 13.0. The van der Waals surface area contributed by atoms with Crippen LogP contribution in [0.2, 0.25) is 0 Å². The van der Waals surface area contributed by atoms with Gasteiger partial charge in [0, 0.05) is 5.39 Å². The van der Waals surface area contributed by atoms with Crippen LogP contribution in [0.1, 0.15) is 0 Å². The van der Waals surface area contributed by atoms with Gasteiger partial charge in [-0.1, -0.05) is 12.1 Å². The van der Waals surface area contributed by atoms with E-state index in [9.17, 15) is 9.90 Å². The third-order valence-electron chi connectivity index (χ3n) is 3.85. The predicted octanol–water partition coefficient (Wildman–Crippen LogP) is 2.83. The lowest BCUT2D eigenvalue weighted by Crippen LogP contribution is -2.09. The van der Waals surface area contributed by atoms with Gasteiger partial charge in [-0.3, -0.25) is 4.79 Å². The number of aliphatic carboxylic acids is 1. The van der Waals surface area contributed by atoms with Gasteiger partial charge in [0.1, 0.15) is 17.8 Å². The number of carbonyl (C=O) groups is 1. The Bertz CT molecular complexity index is 1070. The number of methoxy groups -OCH3 is 1. The quantitative estimate of drug-likeness (QED) is 0.630. The van der Waals surface area contributed by atoms with Crippen LogP contribution >= 0.6 is 0 Å². The van der Waals surface area contributed by atoms with Crippen molar-refractivity contribution in [2.75, 3.05) is 7.11 Å². The molecule has 6 nitrogen and oxygen atoms in total. The summed E-state index contributed by atoms with van der Waals surface area (Å²) in [4.78, 5) is 20.5. The van der Waals surface area contributed by atoms with Crippen LogP contribution in [0.15, 0.2) is 42.5 Å². The maximum absolute atomic E-state index is 11.2. The zero-order chi connectivity index (χ0) is 16.0. The largest absolute Gasteiger partial charge is 0.497 e. The van der Waals surface area contributed by atoms with Crippen LogP contribution in [0.25, 0.3) is 33.1 Å². The van der Waals surface area contributed by atoms with Crippen molar-refractivity contribution in [3.8, 4) is 5.75 Å². The monoisotopic (exact) mass is 307 g/mol. The molecular formula is C17H13N3O3. The van der Waals surface area contributed by atoms with Crippen molar-refractivity contribution < 1.29 is 14.6 Å². The predicted molar refractivity (Wildman–Crippen MR) is 86.7 cm³/mol. The molecule has 4 rings (SSSR count). The van der Waals surface area contributed by atoms with E-state index in [0.717, 1.165) is 21.9 Å². The van der Waals surface area contributed by atoms with E-state index in [0.29, 0.717) is 16.9 Å². The number of carboxylic acid groups (broad SMARTS) is 1. The number of carboxylic acids is 1. The fourth-order valence-corrected chi connectivity index (χ4v) is 2.84. The van der Waals surface area contributed by atoms with Crippen LogP contribution in [0.5, 0.6) is 5.75 Å². The van der Waals surface area contributed by atoms with E-state index in [1.165, 1.54) is 0 Å². The van der Waals surface area contributed by atoms with Crippen LogP contribution < -0.4 is 4.74 Å². The van der Waals surface area contributed by atoms with Crippen molar-refractivity contribution in [1.82, 2.24) is 14.5 Å². The second kappa shape index (κ2) is 4.95. The molecule has 0 aliphatic rings. The first kappa shape index (κ1) is 13.5. The average molecular weight is 307 g/mol. The topological polar surface area (TPSA) is 77.2 Å². The zero-order valence-corrected chi connectivity index (χ0v) is 12.4. The molecule has 0 saturated heterocycles. The SMILES string of the molecule is COc1ccc2c(c1)c1nc3ccccc3nc1n2CC(=O)O. The lowest BCUT2D eigenvalue weighted by molar-refractivity contribution is -0.137. The molecule has 0 saturated carbocycles. The van der Waals surface area contributed by atoms with E-state index in [1.807, 2.05) is 36.4 Å². The highest BCUT2D eigenvalue weighted by atomic mass is 16.5. The van der Waals surface area contributed by atoms with E-state index in [-0.39, 0.29) is 6.54 Å². The van der Waals surface area contributed by atoms with Gasteiger partial charge >= 0.3 is 5.97 Å². The van der Waals surface area contributed by atoms with Gasteiger partial charge < -0.3 is 14.4 Å². The van der Waals surface area contributed by atoms with Crippen LogP contribution in [0, 0.1) is 0 Å². The zero-order valence-electron chi connectivity index (χ0n) is 12.4. The van der Waals surface area contributed by atoms with E-state index < -0.39 is 5.97 Å². The molecule has 0 atom stereocenters. The smallest absolute Gasteiger partial charge is 0.323 e. The number of nitrogens with zero attached hydrogens (tertiary/aromatic N) is 3. The molecule has 23 heavy (non-hydrogen) atoms. The summed E-state index contributed by atoms with van der Waals surface area (Å²) < 4.78 is 6.95. The molecule has 0 spiro atoms. The highest BCUT2D eigenvalue weighted by molar-refractivity contribution is 6.07. The second-order valence-corrected chi connectivity index (χ2v) is 5.25. The summed E-state index contributed by atoms with van der Waals surface area (Å²) in [6.07, 6.45) is 0. The first-order valence-electron chi connectivity index (χ1n) is 7.12. The lowest BCUT2D eigenvalue weighted by atomic mass is 10.2. The molecule has 0 aliphatic carbocycles. The first-order chi connectivity index (χ1) is 11.2. The molecule has 0 fully saturated rings. The molecule has 0 bridgehead atoms. The third kappa shape index (κ3) is 2.07. The van der Waals surface area contributed by atoms with Gasteiger partial charge in [-0.05, 0) is 30.3 Å². The Morgan fingerprint density at radius 1 is 1.17 bits per heavy atom. The summed E-state index contributed by atoms with van der Waals surface area (Å²) in [6.45, 7) is -0.167. The number of ether oxygens (including phenoxy) is 1. The first-order valence-corrected chi connectivity index (χ1v) is 7.12. The summed E-state index contributed by atoms with van der Waals surface area (Å²) >= 11 is 0. The minimum atomic E-state index is -0.922. The Morgan fingerprint density at radius 2 is 1.91 bits per heavy atom. The summed E-state index contributed by atoms with van der Waals surface area (Å²) in [7, 11) is 1.60. The summed E-state index contributed by atoms with van der Waals surface area (Å²) in [5, 5.41) is 10.1. The Kier molecular flexibility index (Phi) is 2.90. The van der Waals surface area contributed by atoms with Crippen LogP contribution in [0.4, 0.5) is 0 Å². The van der Waals surface area contributed by atoms with Gasteiger partial charge in [0.25, 0.3) is 0 Å². The molecule has 1 N–H and O–H groups in total. The Morgan fingerprint density at radius 3 is 2.61 bits per heavy atom. The molecular weight excluding hydrogens is 294 g/mol. The van der Waals surface area contributed by atoms with E-state index in [1.54, 1.807) is 17.7 Å². The maximum Gasteiger partial charge on any atom is 0.323 e. The van der Waals surface area contributed by atoms with E-state index in [4.69, 9.17) is 4.74 Å². The number of aromatic nitrogens is 3. The number of para-hydroxylation sites is 2. The van der Waals surface area contributed by atoms with E-state index >= 15 is 0 Å². The lowest BCUT2D eigenvalue weighted by Gasteiger charge is -2.03. The molecule has 0 radical (unpaired) electrons. The molecule has 2 heterocycles. The molecule has 0 unspecified atom stereocenters. The molecule has 2 aromatic carbocycles. The molecule has 114 valence electrons.